The van der Waals surface area contributed by atoms with Gasteiger partial charge in [0.1, 0.15) is 5.82 Å². The maximum absolute atomic E-state index is 12.6. The van der Waals surface area contributed by atoms with Gasteiger partial charge in [0.15, 0.2) is 0 Å². The van der Waals surface area contributed by atoms with Crippen LogP contribution in [0.1, 0.15) is 24.1 Å². The van der Waals surface area contributed by atoms with Gasteiger partial charge in [-0.1, -0.05) is 0 Å². The average molecular weight is 308 g/mol. The van der Waals surface area contributed by atoms with E-state index in [1.807, 2.05) is 6.07 Å². The number of rotatable bonds is 4. The maximum Gasteiger partial charge on any atom is 0.417 e. The summed E-state index contributed by atoms with van der Waals surface area (Å²) in [7, 11) is 0. The zero-order chi connectivity index (χ0) is 15.7. The molecule has 1 fully saturated rings. The van der Waals surface area contributed by atoms with Crippen LogP contribution in [-0.2, 0) is 12.7 Å². The summed E-state index contributed by atoms with van der Waals surface area (Å²) in [5, 5.41) is 0. The van der Waals surface area contributed by atoms with Crippen molar-refractivity contribution in [3.05, 3.63) is 47.9 Å². The van der Waals surface area contributed by atoms with Crippen molar-refractivity contribution < 1.29 is 13.2 Å². The smallest absolute Gasteiger partial charge is 0.397 e. The molecular weight excluding hydrogens is 293 g/mol. The number of nitrogens with zero attached hydrogens (tertiary/aromatic N) is 3. The van der Waals surface area contributed by atoms with Gasteiger partial charge in [0.25, 0.3) is 0 Å². The molecule has 2 N–H and O–H groups in total. The van der Waals surface area contributed by atoms with Gasteiger partial charge in [0, 0.05) is 12.2 Å². The van der Waals surface area contributed by atoms with Gasteiger partial charge in [0.2, 0.25) is 0 Å². The van der Waals surface area contributed by atoms with Crippen LogP contribution < -0.4 is 10.6 Å². The Morgan fingerprint density at radius 2 is 1.86 bits per heavy atom. The van der Waals surface area contributed by atoms with E-state index in [4.69, 9.17) is 5.73 Å². The highest BCUT2D eigenvalue weighted by Gasteiger charge is 2.32. The Hall–Kier alpha value is -2.31. The van der Waals surface area contributed by atoms with Gasteiger partial charge in [-0.2, -0.15) is 13.2 Å². The third kappa shape index (κ3) is 3.29. The van der Waals surface area contributed by atoms with Crippen LogP contribution in [0.15, 0.2) is 36.7 Å². The van der Waals surface area contributed by atoms with E-state index in [0.29, 0.717) is 24.0 Å². The molecular formula is C15H15F3N4. The van der Waals surface area contributed by atoms with Crippen molar-refractivity contribution in [2.24, 2.45) is 0 Å². The molecule has 1 aliphatic carbocycles. The molecule has 0 aliphatic heterocycles. The van der Waals surface area contributed by atoms with Crippen LogP contribution in [0.2, 0.25) is 0 Å². The molecule has 3 rings (SSSR count). The van der Waals surface area contributed by atoms with E-state index >= 15 is 0 Å². The van der Waals surface area contributed by atoms with E-state index in [1.165, 1.54) is 6.07 Å². The van der Waals surface area contributed by atoms with Crippen LogP contribution >= 0.6 is 0 Å². The molecule has 1 saturated carbocycles. The Morgan fingerprint density at radius 1 is 1.09 bits per heavy atom. The van der Waals surface area contributed by atoms with Crippen molar-refractivity contribution >= 4 is 11.5 Å². The van der Waals surface area contributed by atoms with Crippen LogP contribution in [-0.4, -0.2) is 16.0 Å². The van der Waals surface area contributed by atoms with Gasteiger partial charge < -0.3 is 10.6 Å². The number of alkyl halides is 3. The zero-order valence-electron chi connectivity index (χ0n) is 11.7. The fourth-order valence-electron chi connectivity index (χ4n) is 2.21. The van der Waals surface area contributed by atoms with Crippen LogP contribution in [0.25, 0.3) is 0 Å². The Kier molecular flexibility index (Phi) is 3.64. The first-order valence-electron chi connectivity index (χ1n) is 6.94. The lowest BCUT2D eigenvalue weighted by molar-refractivity contribution is -0.137. The summed E-state index contributed by atoms with van der Waals surface area (Å²) in [5.74, 6) is 0.762. The topological polar surface area (TPSA) is 55.0 Å². The fourth-order valence-corrected chi connectivity index (χ4v) is 2.21. The number of pyridine rings is 2. The molecule has 2 aromatic heterocycles. The molecule has 0 atom stereocenters. The minimum Gasteiger partial charge on any atom is -0.397 e. The average Bonchev–Trinajstić information content (AvgIpc) is 3.30. The number of nitrogens with two attached hydrogens (primary N) is 1. The van der Waals surface area contributed by atoms with Gasteiger partial charge >= 0.3 is 6.18 Å². The van der Waals surface area contributed by atoms with Gasteiger partial charge in [0.05, 0.1) is 29.7 Å². The van der Waals surface area contributed by atoms with Crippen molar-refractivity contribution in [3.63, 3.8) is 0 Å². The third-order valence-corrected chi connectivity index (χ3v) is 3.54. The molecule has 22 heavy (non-hydrogen) atoms. The van der Waals surface area contributed by atoms with E-state index in [-0.39, 0.29) is 0 Å². The highest BCUT2D eigenvalue weighted by atomic mass is 19.4. The molecule has 1 aliphatic rings. The second-order valence-corrected chi connectivity index (χ2v) is 5.34. The van der Waals surface area contributed by atoms with Crippen LogP contribution in [0.4, 0.5) is 24.7 Å². The van der Waals surface area contributed by atoms with Crippen LogP contribution in [0.3, 0.4) is 0 Å². The summed E-state index contributed by atoms with van der Waals surface area (Å²) in [6, 6.07) is 6.41. The van der Waals surface area contributed by atoms with Gasteiger partial charge in [-0.25, -0.2) is 4.98 Å². The molecule has 0 aromatic carbocycles. The highest BCUT2D eigenvalue weighted by Crippen LogP contribution is 2.32. The number of aromatic nitrogens is 2. The van der Waals surface area contributed by atoms with E-state index in [9.17, 15) is 13.2 Å². The van der Waals surface area contributed by atoms with Gasteiger partial charge in [-0.05, 0) is 37.1 Å². The fraction of sp³-hybridized carbons (Fsp3) is 0.333. The lowest BCUT2D eigenvalue weighted by Crippen LogP contribution is -2.26. The number of nitrogen functional groups attached to an aromatic ring is 1. The molecule has 4 nitrogen and oxygen atoms in total. The molecule has 116 valence electrons. The number of halogens is 3. The predicted octanol–water partition coefficient (Wildman–Crippen LogP) is 3.25. The first-order valence-corrected chi connectivity index (χ1v) is 6.94. The lowest BCUT2D eigenvalue weighted by atomic mass is 10.2. The molecule has 7 heteroatoms. The van der Waals surface area contributed by atoms with Crippen molar-refractivity contribution in [2.45, 2.75) is 31.6 Å². The summed E-state index contributed by atoms with van der Waals surface area (Å²) in [6.07, 6.45) is 0.182. The molecule has 0 unspecified atom stereocenters. The molecule has 0 spiro atoms. The largest absolute Gasteiger partial charge is 0.417 e. The maximum atomic E-state index is 12.6. The summed E-state index contributed by atoms with van der Waals surface area (Å²) in [5.41, 5.74) is 6.05. The minimum atomic E-state index is -4.36. The third-order valence-electron chi connectivity index (χ3n) is 3.54. The zero-order valence-corrected chi connectivity index (χ0v) is 11.7. The standard InChI is InChI=1S/C15H15F3N4/c16-15(17,18)10-1-3-12(20-7-10)9-22(13-4-5-13)14-6-2-11(19)8-21-14/h1-3,6-8,13H,4-5,9,19H2. The van der Waals surface area contributed by atoms with E-state index in [0.717, 1.165) is 30.9 Å². The second-order valence-electron chi connectivity index (χ2n) is 5.34. The molecule has 0 saturated heterocycles. The van der Waals surface area contributed by atoms with E-state index in [2.05, 4.69) is 14.9 Å². The molecule has 0 bridgehead atoms. The summed E-state index contributed by atoms with van der Waals surface area (Å²) >= 11 is 0. The SMILES string of the molecule is Nc1ccc(N(Cc2ccc(C(F)(F)F)cn2)C2CC2)nc1. The first-order chi connectivity index (χ1) is 10.4. The van der Waals surface area contributed by atoms with Crippen LogP contribution in [0, 0.1) is 0 Å². The quantitative estimate of drug-likeness (QED) is 0.942. The molecule has 2 heterocycles. The summed E-state index contributed by atoms with van der Waals surface area (Å²) < 4.78 is 37.7. The normalized spacial score (nSPS) is 14.9. The van der Waals surface area contributed by atoms with Crippen molar-refractivity contribution in [1.82, 2.24) is 9.97 Å². The highest BCUT2D eigenvalue weighted by molar-refractivity contribution is 5.47. The van der Waals surface area contributed by atoms with E-state index < -0.39 is 11.7 Å². The first kappa shape index (κ1) is 14.6. The predicted molar refractivity (Wildman–Crippen MR) is 77.1 cm³/mol. The summed E-state index contributed by atoms with van der Waals surface area (Å²) in [4.78, 5) is 10.3. The molecule has 2 aromatic rings. The van der Waals surface area contributed by atoms with Crippen molar-refractivity contribution in [3.8, 4) is 0 Å². The second kappa shape index (κ2) is 5.47. The van der Waals surface area contributed by atoms with Gasteiger partial charge in [-0.15, -0.1) is 0 Å². The van der Waals surface area contributed by atoms with E-state index in [1.54, 1.807) is 12.3 Å². The number of hydrogen-bond acceptors (Lipinski definition) is 4. The summed E-state index contributed by atoms with van der Waals surface area (Å²) in [6.45, 7) is 0.430. The van der Waals surface area contributed by atoms with Crippen LogP contribution in [0.5, 0.6) is 0 Å². The minimum absolute atomic E-state index is 0.361. The Morgan fingerprint density at radius 3 is 2.36 bits per heavy atom. The Balaban J connectivity index is 1.78. The number of anilines is 2. The monoisotopic (exact) mass is 308 g/mol. The molecule has 0 radical (unpaired) electrons. The lowest BCUT2D eigenvalue weighted by Gasteiger charge is -2.23. The van der Waals surface area contributed by atoms with Crippen molar-refractivity contribution in [2.75, 3.05) is 10.6 Å². The Labute approximate surface area is 125 Å². The Bertz CT molecular complexity index is 633. The van der Waals surface area contributed by atoms with Crippen molar-refractivity contribution in [1.29, 1.82) is 0 Å². The van der Waals surface area contributed by atoms with Gasteiger partial charge in [-0.3, -0.25) is 4.98 Å². The molecule has 0 amide bonds. The number of hydrogen-bond donors (Lipinski definition) is 1.